The summed E-state index contributed by atoms with van der Waals surface area (Å²) in [6.07, 6.45) is 0.695. The van der Waals surface area contributed by atoms with Crippen molar-refractivity contribution in [2.75, 3.05) is 41.5 Å². The number of carbonyl (C=O) groups is 1. The number of carbonyl (C=O) groups excluding carboxylic acids is 1. The van der Waals surface area contributed by atoms with Gasteiger partial charge in [-0.05, 0) is 34.4 Å². The lowest BCUT2D eigenvalue weighted by Crippen LogP contribution is -2.50. The lowest BCUT2D eigenvalue weighted by Gasteiger charge is -2.30. The van der Waals surface area contributed by atoms with Crippen LogP contribution in [0.15, 0.2) is 0 Å². The minimum Gasteiger partial charge on any atom is -0.468 e. The van der Waals surface area contributed by atoms with Gasteiger partial charge in [0, 0.05) is 19.7 Å². The molecule has 5 heteroatoms. The summed E-state index contributed by atoms with van der Waals surface area (Å²) in [5, 5.41) is 3.02. The largest absolute Gasteiger partial charge is 0.468 e. The summed E-state index contributed by atoms with van der Waals surface area (Å²) in [5.41, 5.74) is -0.629. The minimum absolute atomic E-state index is 0.229. The van der Waals surface area contributed by atoms with Crippen molar-refractivity contribution in [3.8, 4) is 0 Å². The average molecular weight is 246 g/mol. The molecule has 0 aliphatic heterocycles. The molecule has 2 unspecified atom stereocenters. The van der Waals surface area contributed by atoms with Crippen molar-refractivity contribution in [2.24, 2.45) is 0 Å². The number of esters is 1. The summed E-state index contributed by atoms with van der Waals surface area (Å²) in [7, 11) is 6.90. The Kier molecular flexibility index (Phi) is 7.34. The first kappa shape index (κ1) is 16.4. The zero-order chi connectivity index (χ0) is 13.5. The number of methoxy groups -OCH3 is 2. The van der Waals surface area contributed by atoms with Crippen LogP contribution in [0.25, 0.3) is 0 Å². The third-order valence-electron chi connectivity index (χ3n) is 3.31. The van der Waals surface area contributed by atoms with Crippen molar-refractivity contribution in [1.82, 2.24) is 10.2 Å². The summed E-state index contributed by atoms with van der Waals surface area (Å²) in [6.45, 7) is 5.44. The number of nitrogens with one attached hydrogen (secondary N) is 1. The average Bonchev–Trinajstić information content (AvgIpc) is 2.34. The van der Waals surface area contributed by atoms with E-state index in [0.717, 1.165) is 6.54 Å². The zero-order valence-electron chi connectivity index (χ0n) is 11.9. The van der Waals surface area contributed by atoms with Crippen molar-refractivity contribution < 1.29 is 14.3 Å². The zero-order valence-corrected chi connectivity index (χ0v) is 11.9. The molecule has 0 heterocycles. The van der Waals surface area contributed by atoms with Crippen LogP contribution in [0.4, 0.5) is 0 Å². The molecule has 0 aromatic carbocycles. The predicted molar refractivity (Wildman–Crippen MR) is 68.1 cm³/mol. The van der Waals surface area contributed by atoms with E-state index in [-0.39, 0.29) is 5.97 Å². The molecule has 5 nitrogen and oxygen atoms in total. The Morgan fingerprint density at radius 1 is 1.47 bits per heavy atom. The fourth-order valence-corrected chi connectivity index (χ4v) is 1.54. The molecule has 0 aromatic heterocycles. The van der Waals surface area contributed by atoms with Crippen LogP contribution in [0, 0.1) is 0 Å². The van der Waals surface area contributed by atoms with Crippen molar-refractivity contribution in [3.05, 3.63) is 0 Å². The van der Waals surface area contributed by atoms with Gasteiger partial charge >= 0.3 is 5.97 Å². The number of likely N-dealkylation sites (N-methyl/N-ethyl adjacent to an activating group) is 2. The Morgan fingerprint density at radius 3 is 2.47 bits per heavy atom. The Balaban J connectivity index is 4.27. The van der Waals surface area contributed by atoms with Crippen LogP contribution < -0.4 is 5.32 Å². The molecule has 1 N–H and O–H groups in total. The van der Waals surface area contributed by atoms with E-state index in [2.05, 4.69) is 17.1 Å². The molecule has 0 fully saturated rings. The van der Waals surface area contributed by atoms with Gasteiger partial charge in [-0.1, -0.05) is 0 Å². The van der Waals surface area contributed by atoms with Crippen LogP contribution in [0.3, 0.4) is 0 Å². The standard InChI is InChI=1S/C12H26N2O3/c1-10(9-16-5)14(4)8-7-12(2,13-3)11(15)17-6/h10,13H,7-9H2,1-6H3. The fourth-order valence-electron chi connectivity index (χ4n) is 1.54. The van der Waals surface area contributed by atoms with E-state index in [1.54, 1.807) is 14.2 Å². The highest BCUT2D eigenvalue weighted by Crippen LogP contribution is 2.12. The van der Waals surface area contributed by atoms with E-state index in [1.807, 2.05) is 14.0 Å². The topological polar surface area (TPSA) is 50.8 Å². The lowest BCUT2D eigenvalue weighted by atomic mass is 9.98. The van der Waals surface area contributed by atoms with Gasteiger partial charge in [-0.25, -0.2) is 0 Å². The third-order valence-corrected chi connectivity index (χ3v) is 3.31. The van der Waals surface area contributed by atoms with Crippen LogP contribution in [0.5, 0.6) is 0 Å². The molecular formula is C12H26N2O3. The molecule has 0 amide bonds. The van der Waals surface area contributed by atoms with Gasteiger partial charge in [-0.2, -0.15) is 0 Å². The molecule has 0 saturated carbocycles. The van der Waals surface area contributed by atoms with Gasteiger partial charge in [-0.3, -0.25) is 4.79 Å². The summed E-state index contributed by atoms with van der Waals surface area (Å²) in [5.74, 6) is -0.229. The molecule has 0 aliphatic rings. The second kappa shape index (κ2) is 7.63. The van der Waals surface area contributed by atoms with Gasteiger partial charge in [0.2, 0.25) is 0 Å². The summed E-state index contributed by atoms with van der Waals surface area (Å²) < 4.78 is 9.90. The molecule has 0 radical (unpaired) electrons. The van der Waals surface area contributed by atoms with E-state index < -0.39 is 5.54 Å². The lowest BCUT2D eigenvalue weighted by molar-refractivity contribution is -0.148. The molecule has 102 valence electrons. The molecule has 0 bridgehead atoms. The van der Waals surface area contributed by atoms with Gasteiger partial charge in [-0.15, -0.1) is 0 Å². The first-order chi connectivity index (χ1) is 7.91. The Bertz CT molecular complexity index is 236. The van der Waals surface area contributed by atoms with Gasteiger partial charge in [0.15, 0.2) is 0 Å². The highest BCUT2D eigenvalue weighted by molar-refractivity contribution is 5.80. The summed E-state index contributed by atoms with van der Waals surface area (Å²) >= 11 is 0. The Hall–Kier alpha value is -0.650. The monoisotopic (exact) mass is 246 g/mol. The molecular weight excluding hydrogens is 220 g/mol. The van der Waals surface area contributed by atoms with Crippen LogP contribution in [-0.2, 0) is 14.3 Å². The first-order valence-electron chi connectivity index (χ1n) is 5.87. The first-order valence-corrected chi connectivity index (χ1v) is 5.87. The fraction of sp³-hybridized carbons (Fsp3) is 0.917. The van der Waals surface area contributed by atoms with Crippen LogP contribution >= 0.6 is 0 Å². The van der Waals surface area contributed by atoms with Crippen LogP contribution in [0.2, 0.25) is 0 Å². The second-order valence-corrected chi connectivity index (χ2v) is 4.61. The molecule has 0 aliphatic carbocycles. The minimum atomic E-state index is -0.629. The van der Waals surface area contributed by atoms with Gasteiger partial charge in [0.05, 0.1) is 13.7 Å². The third kappa shape index (κ3) is 5.02. The van der Waals surface area contributed by atoms with E-state index in [1.165, 1.54) is 7.11 Å². The number of rotatable bonds is 8. The number of nitrogens with zero attached hydrogens (tertiary/aromatic N) is 1. The molecule has 0 spiro atoms. The van der Waals surface area contributed by atoms with E-state index in [4.69, 9.17) is 9.47 Å². The van der Waals surface area contributed by atoms with E-state index >= 15 is 0 Å². The van der Waals surface area contributed by atoms with Crippen molar-refractivity contribution in [1.29, 1.82) is 0 Å². The molecule has 0 aromatic rings. The molecule has 17 heavy (non-hydrogen) atoms. The van der Waals surface area contributed by atoms with Gasteiger partial charge < -0.3 is 19.7 Å². The molecule has 0 rings (SSSR count). The highest BCUT2D eigenvalue weighted by atomic mass is 16.5. The molecule has 0 saturated heterocycles. The van der Waals surface area contributed by atoms with Gasteiger partial charge in [0.1, 0.15) is 5.54 Å². The van der Waals surface area contributed by atoms with Crippen molar-refractivity contribution >= 4 is 5.97 Å². The number of ether oxygens (including phenoxy) is 2. The van der Waals surface area contributed by atoms with Crippen LogP contribution in [-0.4, -0.2) is 63.9 Å². The maximum Gasteiger partial charge on any atom is 0.325 e. The van der Waals surface area contributed by atoms with Crippen molar-refractivity contribution in [2.45, 2.75) is 31.8 Å². The number of hydrogen-bond donors (Lipinski definition) is 1. The van der Waals surface area contributed by atoms with Gasteiger partial charge in [0.25, 0.3) is 0 Å². The quantitative estimate of drug-likeness (QED) is 0.632. The van der Waals surface area contributed by atoms with Crippen LogP contribution in [0.1, 0.15) is 20.3 Å². The highest BCUT2D eigenvalue weighted by Gasteiger charge is 2.32. The molecule has 2 atom stereocenters. The normalized spacial score (nSPS) is 16.6. The van der Waals surface area contributed by atoms with Crippen molar-refractivity contribution in [3.63, 3.8) is 0 Å². The SMILES string of the molecule is CNC(C)(CCN(C)C(C)COC)C(=O)OC. The Morgan fingerprint density at radius 2 is 2.06 bits per heavy atom. The number of hydrogen-bond acceptors (Lipinski definition) is 5. The summed E-state index contributed by atoms with van der Waals surface area (Å²) in [4.78, 5) is 13.8. The second-order valence-electron chi connectivity index (χ2n) is 4.61. The predicted octanol–water partition coefficient (Wildman–Crippen LogP) is 0.494. The van der Waals surface area contributed by atoms with E-state index in [0.29, 0.717) is 19.1 Å². The smallest absolute Gasteiger partial charge is 0.325 e. The Labute approximate surface area is 104 Å². The summed E-state index contributed by atoms with van der Waals surface area (Å²) in [6, 6.07) is 0.332. The van der Waals surface area contributed by atoms with E-state index in [9.17, 15) is 4.79 Å². The maximum absolute atomic E-state index is 11.6. The maximum atomic E-state index is 11.6.